The molecule has 1 aliphatic rings. The number of hydrogen-bond donors (Lipinski definition) is 0. The molecule has 1 aromatic carbocycles. The third-order valence-electron chi connectivity index (χ3n) is 3.68. The Kier molecular flexibility index (Phi) is 3.81. The fourth-order valence-electron chi connectivity index (χ4n) is 2.60. The van der Waals surface area contributed by atoms with Crippen LogP contribution in [0.25, 0.3) is 11.1 Å². The minimum atomic E-state index is 0.315. The second-order valence-electron chi connectivity index (χ2n) is 5.02. The lowest BCUT2D eigenvalue weighted by Gasteiger charge is -2.16. The Morgan fingerprint density at radius 3 is 2.55 bits per heavy atom. The maximum absolute atomic E-state index is 6.10. The predicted molar refractivity (Wildman–Crippen MR) is 76.9 cm³/mol. The van der Waals surface area contributed by atoms with Crippen molar-refractivity contribution >= 4 is 0 Å². The van der Waals surface area contributed by atoms with Crippen LogP contribution in [0.1, 0.15) is 25.7 Å². The third-order valence-corrected chi connectivity index (χ3v) is 3.68. The first-order valence-corrected chi connectivity index (χ1v) is 6.98. The highest BCUT2D eigenvalue weighted by Crippen LogP contribution is 2.35. The van der Waals surface area contributed by atoms with Gasteiger partial charge in [-0.15, -0.1) is 0 Å². The summed E-state index contributed by atoms with van der Waals surface area (Å²) in [5.74, 6) is 1.59. The van der Waals surface area contributed by atoms with Crippen molar-refractivity contribution in [1.29, 1.82) is 0 Å². The van der Waals surface area contributed by atoms with Gasteiger partial charge in [-0.2, -0.15) is 10.2 Å². The Morgan fingerprint density at radius 1 is 1.00 bits per heavy atom. The Hall–Kier alpha value is -2.10. The summed E-state index contributed by atoms with van der Waals surface area (Å²) in [6.45, 7) is 0. The van der Waals surface area contributed by atoms with Crippen LogP contribution in [0.5, 0.6) is 11.5 Å². The van der Waals surface area contributed by atoms with Crippen LogP contribution in [0.4, 0.5) is 0 Å². The molecule has 20 heavy (non-hydrogen) atoms. The topological polar surface area (TPSA) is 44.2 Å². The van der Waals surface area contributed by atoms with Crippen LogP contribution in [-0.2, 0) is 0 Å². The number of nitrogens with zero attached hydrogens (tertiary/aromatic N) is 2. The van der Waals surface area contributed by atoms with Crippen LogP contribution in [0.2, 0.25) is 0 Å². The third kappa shape index (κ3) is 2.74. The van der Waals surface area contributed by atoms with Gasteiger partial charge in [0.05, 0.1) is 25.6 Å². The van der Waals surface area contributed by atoms with Gasteiger partial charge in [-0.05, 0) is 49.4 Å². The minimum absolute atomic E-state index is 0.315. The van der Waals surface area contributed by atoms with Gasteiger partial charge in [-0.3, -0.25) is 0 Å². The van der Waals surface area contributed by atoms with E-state index < -0.39 is 0 Å². The summed E-state index contributed by atoms with van der Waals surface area (Å²) in [7, 11) is 1.67. The van der Waals surface area contributed by atoms with E-state index in [1.165, 1.54) is 12.8 Å². The zero-order valence-electron chi connectivity index (χ0n) is 11.6. The zero-order valence-corrected chi connectivity index (χ0v) is 11.6. The molecule has 0 atom stereocenters. The van der Waals surface area contributed by atoms with Crippen molar-refractivity contribution in [2.75, 3.05) is 7.11 Å². The number of aromatic nitrogens is 2. The summed E-state index contributed by atoms with van der Waals surface area (Å²) in [5, 5.41) is 7.72. The Balaban J connectivity index is 1.90. The number of methoxy groups -OCH3 is 1. The lowest BCUT2D eigenvalue weighted by Crippen LogP contribution is -2.11. The van der Waals surface area contributed by atoms with E-state index in [0.717, 1.165) is 35.5 Å². The van der Waals surface area contributed by atoms with Crippen molar-refractivity contribution in [3.8, 4) is 22.6 Å². The monoisotopic (exact) mass is 270 g/mol. The van der Waals surface area contributed by atoms with E-state index in [-0.39, 0.29) is 0 Å². The molecule has 0 bridgehead atoms. The first-order valence-electron chi connectivity index (χ1n) is 6.98. The Bertz CT molecular complexity index is 566. The first kappa shape index (κ1) is 12.9. The quantitative estimate of drug-likeness (QED) is 0.853. The predicted octanol–water partition coefficient (Wildman–Crippen LogP) is 3.47. The first-order chi connectivity index (χ1) is 9.86. The highest BCUT2D eigenvalue weighted by Gasteiger charge is 2.18. The highest BCUT2D eigenvalue weighted by molar-refractivity contribution is 5.66. The maximum atomic E-state index is 6.10. The molecule has 1 heterocycles. The standard InChI is InChI=1S/C16H18N2O2/c1-19-15-7-6-12(13-8-9-17-18-11-13)10-16(15)20-14-4-2-3-5-14/h6-11,14H,2-5H2,1H3. The normalized spacial score (nSPS) is 15.2. The summed E-state index contributed by atoms with van der Waals surface area (Å²) < 4.78 is 11.5. The molecule has 0 radical (unpaired) electrons. The Morgan fingerprint density at radius 2 is 1.85 bits per heavy atom. The summed E-state index contributed by atoms with van der Waals surface area (Å²) in [6.07, 6.45) is 8.52. The average molecular weight is 270 g/mol. The lowest BCUT2D eigenvalue weighted by molar-refractivity contribution is 0.201. The molecule has 0 aliphatic heterocycles. The van der Waals surface area contributed by atoms with E-state index in [1.54, 1.807) is 19.5 Å². The molecular formula is C16H18N2O2. The van der Waals surface area contributed by atoms with Gasteiger partial charge in [-0.1, -0.05) is 6.07 Å². The van der Waals surface area contributed by atoms with Gasteiger partial charge in [0.1, 0.15) is 0 Å². The second kappa shape index (κ2) is 5.90. The number of ether oxygens (including phenoxy) is 2. The number of benzene rings is 1. The van der Waals surface area contributed by atoms with E-state index >= 15 is 0 Å². The molecule has 4 heteroatoms. The van der Waals surface area contributed by atoms with Crippen molar-refractivity contribution in [3.05, 3.63) is 36.7 Å². The van der Waals surface area contributed by atoms with Gasteiger partial charge in [-0.25, -0.2) is 0 Å². The summed E-state index contributed by atoms with van der Waals surface area (Å²) in [5.41, 5.74) is 2.09. The highest BCUT2D eigenvalue weighted by atomic mass is 16.5. The van der Waals surface area contributed by atoms with E-state index in [2.05, 4.69) is 10.2 Å². The largest absolute Gasteiger partial charge is 0.493 e. The van der Waals surface area contributed by atoms with Gasteiger partial charge in [0.25, 0.3) is 0 Å². The molecule has 0 N–H and O–H groups in total. The molecule has 104 valence electrons. The molecule has 4 nitrogen and oxygen atoms in total. The average Bonchev–Trinajstić information content (AvgIpc) is 3.01. The molecule has 0 spiro atoms. The van der Waals surface area contributed by atoms with E-state index in [1.807, 2.05) is 24.3 Å². The van der Waals surface area contributed by atoms with Gasteiger partial charge in [0.2, 0.25) is 0 Å². The SMILES string of the molecule is COc1ccc(-c2ccnnc2)cc1OC1CCCC1. The second-order valence-corrected chi connectivity index (χ2v) is 5.02. The summed E-state index contributed by atoms with van der Waals surface area (Å²) in [4.78, 5) is 0. The molecule has 1 saturated carbocycles. The Labute approximate surface area is 118 Å². The lowest BCUT2D eigenvalue weighted by atomic mass is 10.1. The van der Waals surface area contributed by atoms with Crippen molar-refractivity contribution in [1.82, 2.24) is 10.2 Å². The fourth-order valence-corrected chi connectivity index (χ4v) is 2.60. The van der Waals surface area contributed by atoms with Crippen molar-refractivity contribution in [2.24, 2.45) is 0 Å². The van der Waals surface area contributed by atoms with Crippen LogP contribution < -0.4 is 9.47 Å². The zero-order chi connectivity index (χ0) is 13.8. The number of rotatable bonds is 4. The van der Waals surface area contributed by atoms with Crippen LogP contribution in [-0.4, -0.2) is 23.4 Å². The maximum Gasteiger partial charge on any atom is 0.162 e. The summed E-state index contributed by atoms with van der Waals surface area (Å²) in [6, 6.07) is 7.92. The van der Waals surface area contributed by atoms with Gasteiger partial charge < -0.3 is 9.47 Å². The summed E-state index contributed by atoms with van der Waals surface area (Å²) >= 11 is 0. The van der Waals surface area contributed by atoms with Gasteiger partial charge >= 0.3 is 0 Å². The van der Waals surface area contributed by atoms with Crippen molar-refractivity contribution in [3.63, 3.8) is 0 Å². The van der Waals surface area contributed by atoms with Crippen LogP contribution >= 0.6 is 0 Å². The van der Waals surface area contributed by atoms with Crippen molar-refractivity contribution in [2.45, 2.75) is 31.8 Å². The van der Waals surface area contributed by atoms with Crippen molar-refractivity contribution < 1.29 is 9.47 Å². The molecule has 3 rings (SSSR count). The van der Waals surface area contributed by atoms with E-state index in [4.69, 9.17) is 9.47 Å². The van der Waals surface area contributed by atoms with Gasteiger partial charge in [0.15, 0.2) is 11.5 Å². The van der Waals surface area contributed by atoms with Crippen LogP contribution in [0.15, 0.2) is 36.7 Å². The van der Waals surface area contributed by atoms with Crippen LogP contribution in [0.3, 0.4) is 0 Å². The molecule has 0 amide bonds. The van der Waals surface area contributed by atoms with E-state index in [0.29, 0.717) is 6.10 Å². The van der Waals surface area contributed by atoms with Crippen LogP contribution in [0, 0.1) is 0 Å². The van der Waals surface area contributed by atoms with E-state index in [9.17, 15) is 0 Å². The molecule has 1 aliphatic carbocycles. The molecule has 1 fully saturated rings. The molecule has 1 aromatic heterocycles. The molecule has 0 unspecified atom stereocenters. The smallest absolute Gasteiger partial charge is 0.162 e. The molecule has 0 saturated heterocycles. The minimum Gasteiger partial charge on any atom is -0.493 e. The fraction of sp³-hybridized carbons (Fsp3) is 0.375. The molecule has 2 aromatic rings. The van der Waals surface area contributed by atoms with Gasteiger partial charge in [0, 0.05) is 5.56 Å². The number of hydrogen-bond acceptors (Lipinski definition) is 4. The molecular weight excluding hydrogens is 252 g/mol.